The van der Waals surface area contributed by atoms with Crippen LogP contribution >= 0.6 is 0 Å². The van der Waals surface area contributed by atoms with Crippen molar-refractivity contribution in [2.24, 2.45) is 13.0 Å². The Morgan fingerprint density at radius 3 is 2.54 bits per heavy atom. The fraction of sp³-hybridized carbons (Fsp3) is 0.700. The quantitative estimate of drug-likeness (QED) is 0.774. The van der Waals surface area contributed by atoms with Crippen LogP contribution in [0.1, 0.15) is 37.8 Å². The van der Waals surface area contributed by atoms with Gasteiger partial charge in [-0.2, -0.15) is 5.10 Å². The van der Waals surface area contributed by atoms with E-state index in [1.807, 2.05) is 20.0 Å². The highest BCUT2D eigenvalue weighted by Crippen LogP contribution is 2.20. The molecule has 0 bridgehead atoms. The van der Waals surface area contributed by atoms with E-state index < -0.39 is 0 Å². The van der Waals surface area contributed by atoms with Crippen molar-refractivity contribution < 1.29 is 5.11 Å². The highest BCUT2D eigenvalue weighted by atomic mass is 16.3. The molecule has 0 saturated carbocycles. The molecule has 74 valence electrons. The fourth-order valence-corrected chi connectivity index (χ4v) is 1.51. The monoisotopic (exact) mass is 182 g/mol. The van der Waals surface area contributed by atoms with Crippen molar-refractivity contribution in [3.63, 3.8) is 0 Å². The summed E-state index contributed by atoms with van der Waals surface area (Å²) >= 11 is 0. The molecule has 0 aromatic carbocycles. The fourth-order valence-electron chi connectivity index (χ4n) is 1.51. The number of aliphatic hydroxyl groups excluding tert-OH is 1. The second-order valence-electron chi connectivity index (χ2n) is 3.98. The molecule has 0 aliphatic carbocycles. The first-order chi connectivity index (χ1) is 6.00. The molecule has 3 heteroatoms. The molecule has 1 atom stereocenters. The number of rotatable bonds is 3. The third-order valence-electron chi connectivity index (χ3n) is 2.07. The maximum absolute atomic E-state index is 9.82. The molecule has 13 heavy (non-hydrogen) atoms. The maximum Gasteiger partial charge on any atom is 0.0959 e. The van der Waals surface area contributed by atoms with E-state index in [0.717, 1.165) is 17.8 Å². The summed E-state index contributed by atoms with van der Waals surface area (Å²) < 4.78 is 1.75. The third-order valence-corrected chi connectivity index (χ3v) is 2.07. The highest BCUT2D eigenvalue weighted by molar-refractivity contribution is 5.11. The van der Waals surface area contributed by atoms with E-state index in [0.29, 0.717) is 5.92 Å². The van der Waals surface area contributed by atoms with E-state index in [4.69, 9.17) is 0 Å². The minimum Gasteiger partial charge on any atom is -0.387 e. The van der Waals surface area contributed by atoms with Crippen molar-refractivity contribution in [1.29, 1.82) is 0 Å². The van der Waals surface area contributed by atoms with Crippen LogP contribution in [0.4, 0.5) is 0 Å². The van der Waals surface area contributed by atoms with Crippen LogP contribution in [-0.2, 0) is 7.05 Å². The minimum atomic E-state index is -0.383. The number of hydrogen-bond donors (Lipinski definition) is 1. The molecule has 1 rings (SSSR count). The Balaban J connectivity index is 2.76. The van der Waals surface area contributed by atoms with Crippen molar-refractivity contribution in [2.75, 3.05) is 0 Å². The first-order valence-corrected chi connectivity index (χ1v) is 4.69. The van der Waals surface area contributed by atoms with Gasteiger partial charge in [0.25, 0.3) is 0 Å². The Hall–Kier alpha value is -0.830. The number of hydrogen-bond acceptors (Lipinski definition) is 2. The van der Waals surface area contributed by atoms with Gasteiger partial charge in [-0.05, 0) is 25.3 Å². The first-order valence-electron chi connectivity index (χ1n) is 4.69. The summed E-state index contributed by atoms with van der Waals surface area (Å²) in [5.74, 6) is 0.505. The van der Waals surface area contributed by atoms with E-state index in [1.54, 1.807) is 4.68 Å². The van der Waals surface area contributed by atoms with Crippen LogP contribution in [0.3, 0.4) is 0 Å². The van der Waals surface area contributed by atoms with Crippen LogP contribution in [0, 0.1) is 12.8 Å². The summed E-state index contributed by atoms with van der Waals surface area (Å²) in [5, 5.41) is 14.0. The van der Waals surface area contributed by atoms with Crippen LogP contribution in [0.2, 0.25) is 0 Å². The number of aliphatic hydroxyl groups is 1. The molecule has 0 saturated heterocycles. The van der Waals surface area contributed by atoms with Gasteiger partial charge in [0.1, 0.15) is 0 Å². The van der Waals surface area contributed by atoms with E-state index >= 15 is 0 Å². The predicted octanol–water partition coefficient (Wildman–Crippen LogP) is 1.81. The Bertz CT molecular complexity index is 278. The van der Waals surface area contributed by atoms with Gasteiger partial charge in [0, 0.05) is 7.05 Å². The van der Waals surface area contributed by atoms with Crippen LogP contribution in [0.25, 0.3) is 0 Å². The molecule has 1 heterocycles. The van der Waals surface area contributed by atoms with Gasteiger partial charge in [0.15, 0.2) is 0 Å². The summed E-state index contributed by atoms with van der Waals surface area (Å²) in [6, 6.07) is 1.94. The van der Waals surface area contributed by atoms with Gasteiger partial charge in [-0.1, -0.05) is 13.8 Å². The molecular formula is C10H18N2O. The van der Waals surface area contributed by atoms with Gasteiger partial charge in [-0.3, -0.25) is 4.68 Å². The zero-order chi connectivity index (χ0) is 10.0. The molecule has 1 N–H and O–H groups in total. The van der Waals surface area contributed by atoms with Gasteiger partial charge >= 0.3 is 0 Å². The SMILES string of the molecule is Cc1cc(C(O)CC(C)C)n(C)n1. The Morgan fingerprint density at radius 2 is 2.15 bits per heavy atom. The number of nitrogens with zero attached hydrogens (tertiary/aromatic N) is 2. The lowest BCUT2D eigenvalue weighted by Gasteiger charge is -2.12. The lowest BCUT2D eigenvalue weighted by Crippen LogP contribution is -2.07. The third kappa shape index (κ3) is 2.56. The molecule has 1 aromatic heterocycles. The summed E-state index contributed by atoms with van der Waals surface area (Å²) in [7, 11) is 1.87. The van der Waals surface area contributed by atoms with Gasteiger partial charge in [-0.25, -0.2) is 0 Å². The van der Waals surface area contributed by atoms with Gasteiger partial charge in [-0.15, -0.1) is 0 Å². The van der Waals surface area contributed by atoms with Crippen molar-refractivity contribution in [1.82, 2.24) is 9.78 Å². The van der Waals surface area contributed by atoms with Crippen molar-refractivity contribution in [2.45, 2.75) is 33.3 Å². The smallest absolute Gasteiger partial charge is 0.0959 e. The summed E-state index contributed by atoms with van der Waals surface area (Å²) in [6.45, 7) is 6.14. The van der Waals surface area contributed by atoms with Crippen molar-refractivity contribution in [3.05, 3.63) is 17.5 Å². The lowest BCUT2D eigenvalue weighted by atomic mass is 10.0. The van der Waals surface area contributed by atoms with Crippen molar-refractivity contribution in [3.8, 4) is 0 Å². The van der Waals surface area contributed by atoms with E-state index in [2.05, 4.69) is 18.9 Å². The molecule has 1 aromatic rings. The lowest BCUT2D eigenvalue weighted by molar-refractivity contribution is 0.142. The average Bonchev–Trinajstić information content (AvgIpc) is 2.28. The predicted molar refractivity (Wildman–Crippen MR) is 52.4 cm³/mol. The van der Waals surface area contributed by atoms with E-state index in [-0.39, 0.29) is 6.10 Å². The first kappa shape index (κ1) is 10.3. The Morgan fingerprint density at radius 1 is 1.54 bits per heavy atom. The van der Waals surface area contributed by atoms with Crippen LogP contribution < -0.4 is 0 Å². The molecule has 0 aliphatic heterocycles. The molecule has 0 amide bonds. The van der Waals surface area contributed by atoms with Gasteiger partial charge in [0.05, 0.1) is 17.5 Å². The van der Waals surface area contributed by atoms with Crippen LogP contribution in [0.15, 0.2) is 6.07 Å². The molecule has 0 aliphatic rings. The minimum absolute atomic E-state index is 0.383. The summed E-state index contributed by atoms with van der Waals surface area (Å²) in [5.41, 5.74) is 1.87. The summed E-state index contributed by atoms with van der Waals surface area (Å²) in [4.78, 5) is 0. The van der Waals surface area contributed by atoms with Gasteiger partial charge in [0.2, 0.25) is 0 Å². The maximum atomic E-state index is 9.82. The molecule has 0 radical (unpaired) electrons. The average molecular weight is 182 g/mol. The molecule has 1 unspecified atom stereocenters. The van der Waals surface area contributed by atoms with Crippen LogP contribution in [-0.4, -0.2) is 14.9 Å². The number of aromatic nitrogens is 2. The van der Waals surface area contributed by atoms with Gasteiger partial charge < -0.3 is 5.11 Å². The highest BCUT2D eigenvalue weighted by Gasteiger charge is 2.13. The summed E-state index contributed by atoms with van der Waals surface area (Å²) in [6.07, 6.45) is 0.407. The zero-order valence-corrected chi connectivity index (χ0v) is 8.78. The second-order valence-corrected chi connectivity index (χ2v) is 3.98. The van der Waals surface area contributed by atoms with Crippen LogP contribution in [0.5, 0.6) is 0 Å². The zero-order valence-electron chi connectivity index (χ0n) is 8.78. The molecule has 0 fully saturated rings. The Kier molecular flexibility index (Phi) is 3.09. The van der Waals surface area contributed by atoms with E-state index in [1.165, 1.54) is 0 Å². The van der Waals surface area contributed by atoms with Crippen molar-refractivity contribution >= 4 is 0 Å². The van der Waals surface area contributed by atoms with E-state index in [9.17, 15) is 5.11 Å². The largest absolute Gasteiger partial charge is 0.387 e. The number of aryl methyl sites for hydroxylation is 2. The molecule has 0 spiro atoms. The normalized spacial score (nSPS) is 13.7. The standard InChI is InChI=1S/C10H18N2O/c1-7(2)5-10(13)9-6-8(3)11-12(9)4/h6-7,10,13H,5H2,1-4H3. The molecule has 3 nitrogen and oxygen atoms in total. The molecular weight excluding hydrogens is 164 g/mol. The Labute approximate surface area is 79.4 Å². The second kappa shape index (κ2) is 3.92. The topological polar surface area (TPSA) is 38.0 Å².